The third-order valence-electron chi connectivity index (χ3n) is 3.27. The number of rotatable bonds is 1. The summed E-state index contributed by atoms with van der Waals surface area (Å²) in [7, 11) is 0. The molecule has 0 saturated carbocycles. The number of benzene rings is 1. The van der Waals surface area contributed by atoms with Gasteiger partial charge in [0.05, 0.1) is 0 Å². The SMILES string of the molecule is S=c1cc(-c2ccccc2)oc2c1CCCC2. The Labute approximate surface area is 106 Å². The van der Waals surface area contributed by atoms with Crippen molar-refractivity contribution in [3.8, 4) is 11.3 Å². The van der Waals surface area contributed by atoms with E-state index < -0.39 is 0 Å². The molecule has 0 N–H and O–H groups in total. The molecule has 0 atom stereocenters. The number of hydrogen-bond donors (Lipinski definition) is 0. The predicted octanol–water partition coefficient (Wildman–Crippen LogP) is 4.55. The Hall–Kier alpha value is -1.41. The van der Waals surface area contributed by atoms with E-state index in [1.54, 1.807) is 0 Å². The highest BCUT2D eigenvalue weighted by molar-refractivity contribution is 7.71. The normalized spacial score (nSPS) is 14.4. The van der Waals surface area contributed by atoms with Gasteiger partial charge in [-0.2, -0.15) is 0 Å². The summed E-state index contributed by atoms with van der Waals surface area (Å²) in [6.45, 7) is 0. The van der Waals surface area contributed by atoms with Crippen molar-refractivity contribution in [2.75, 3.05) is 0 Å². The third-order valence-corrected chi connectivity index (χ3v) is 3.63. The van der Waals surface area contributed by atoms with Gasteiger partial charge in [-0.1, -0.05) is 42.5 Å². The molecule has 1 aliphatic carbocycles. The molecule has 2 heteroatoms. The average Bonchev–Trinajstić information content (AvgIpc) is 2.40. The minimum Gasteiger partial charge on any atom is -0.461 e. The standard InChI is InChI=1S/C15H14OS/c17-15-10-14(11-6-2-1-3-7-11)16-13-9-5-4-8-12(13)15/h1-3,6-7,10H,4-5,8-9H2. The first-order chi connectivity index (χ1) is 8.34. The van der Waals surface area contributed by atoms with Crippen molar-refractivity contribution >= 4 is 12.2 Å². The highest BCUT2D eigenvalue weighted by Crippen LogP contribution is 2.28. The maximum Gasteiger partial charge on any atom is 0.135 e. The summed E-state index contributed by atoms with van der Waals surface area (Å²) >= 11 is 5.47. The zero-order chi connectivity index (χ0) is 11.7. The average molecular weight is 242 g/mol. The molecule has 0 saturated heterocycles. The van der Waals surface area contributed by atoms with Crippen LogP contribution < -0.4 is 0 Å². The maximum absolute atomic E-state index is 6.00. The molecule has 0 aliphatic heterocycles. The van der Waals surface area contributed by atoms with Crippen LogP contribution in [0.15, 0.2) is 40.8 Å². The Morgan fingerprint density at radius 3 is 2.59 bits per heavy atom. The van der Waals surface area contributed by atoms with Crippen LogP contribution in [0, 0.1) is 4.51 Å². The lowest BCUT2D eigenvalue weighted by molar-refractivity contribution is 0.464. The molecule has 0 fully saturated rings. The Morgan fingerprint density at radius 2 is 1.76 bits per heavy atom. The van der Waals surface area contributed by atoms with Crippen molar-refractivity contribution < 1.29 is 4.42 Å². The van der Waals surface area contributed by atoms with Crippen LogP contribution in [0.25, 0.3) is 11.3 Å². The molecular weight excluding hydrogens is 228 g/mol. The van der Waals surface area contributed by atoms with Crippen LogP contribution in [0.2, 0.25) is 0 Å². The predicted molar refractivity (Wildman–Crippen MR) is 71.6 cm³/mol. The van der Waals surface area contributed by atoms with Gasteiger partial charge in [0.1, 0.15) is 11.5 Å². The molecule has 1 nitrogen and oxygen atoms in total. The Morgan fingerprint density at radius 1 is 1.00 bits per heavy atom. The van der Waals surface area contributed by atoms with Crippen molar-refractivity contribution in [1.82, 2.24) is 0 Å². The van der Waals surface area contributed by atoms with E-state index in [4.69, 9.17) is 16.6 Å². The molecule has 1 aromatic heterocycles. The molecule has 1 aliphatic rings. The van der Waals surface area contributed by atoms with Crippen molar-refractivity contribution in [2.24, 2.45) is 0 Å². The van der Waals surface area contributed by atoms with Gasteiger partial charge in [-0.3, -0.25) is 0 Å². The van der Waals surface area contributed by atoms with E-state index in [-0.39, 0.29) is 0 Å². The van der Waals surface area contributed by atoms with Crippen LogP contribution in [0.1, 0.15) is 24.2 Å². The highest BCUT2D eigenvalue weighted by atomic mass is 32.1. The lowest BCUT2D eigenvalue weighted by atomic mass is 9.97. The van der Waals surface area contributed by atoms with E-state index >= 15 is 0 Å². The third kappa shape index (κ3) is 2.05. The van der Waals surface area contributed by atoms with Gasteiger partial charge in [0.15, 0.2) is 0 Å². The van der Waals surface area contributed by atoms with Crippen molar-refractivity contribution in [3.05, 3.63) is 52.2 Å². The molecule has 17 heavy (non-hydrogen) atoms. The first-order valence-corrected chi connectivity index (χ1v) is 6.47. The lowest BCUT2D eigenvalue weighted by Gasteiger charge is -2.15. The molecular formula is C15H14OS. The van der Waals surface area contributed by atoms with Gasteiger partial charge in [0.2, 0.25) is 0 Å². The van der Waals surface area contributed by atoms with Crippen LogP contribution in [0.4, 0.5) is 0 Å². The van der Waals surface area contributed by atoms with Gasteiger partial charge in [-0.25, -0.2) is 0 Å². The van der Waals surface area contributed by atoms with Gasteiger partial charge >= 0.3 is 0 Å². The first kappa shape index (κ1) is 10.7. The molecule has 0 amide bonds. The first-order valence-electron chi connectivity index (χ1n) is 6.06. The van der Waals surface area contributed by atoms with E-state index in [2.05, 4.69) is 12.1 Å². The second kappa shape index (κ2) is 4.46. The second-order valence-corrected chi connectivity index (χ2v) is 4.89. The quantitative estimate of drug-likeness (QED) is 0.680. The van der Waals surface area contributed by atoms with E-state index in [1.807, 2.05) is 24.3 Å². The van der Waals surface area contributed by atoms with Crippen molar-refractivity contribution in [2.45, 2.75) is 25.7 Å². The summed E-state index contributed by atoms with van der Waals surface area (Å²) in [5, 5.41) is 0. The van der Waals surface area contributed by atoms with E-state index in [9.17, 15) is 0 Å². The molecule has 86 valence electrons. The molecule has 0 radical (unpaired) electrons. The summed E-state index contributed by atoms with van der Waals surface area (Å²) in [6, 6.07) is 12.2. The molecule has 3 rings (SSSR count). The fourth-order valence-corrected chi connectivity index (χ4v) is 2.69. The smallest absolute Gasteiger partial charge is 0.135 e. The van der Waals surface area contributed by atoms with Crippen molar-refractivity contribution in [1.29, 1.82) is 0 Å². The summed E-state index contributed by atoms with van der Waals surface area (Å²) in [5.74, 6) is 2.00. The van der Waals surface area contributed by atoms with Crippen LogP contribution in [0.3, 0.4) is 0 Å². The molecule has 1 heterocycles. The summed E-state index contributed by atoms with van der Waals surface area (Å²) in [4.78, 5) is 0. The Bertz CT molecular complexity index is 584. The summed E-state index contributed by atoms with van der Waals surface area (Å²) < 4.78 is 6.96. The van der Waals surface area contributed by atoms with Crippen molar-refractivity contribution in [3.63, 3.8) is 0 Å². The number of fused-ring (bicyclic) bond motifs is 1. The Kier molecular flexibility index (Phi) is 2.81. The molecule has 1 aromatic carbocycles. The maximum atomic E-state index is 6.00. The van der Waals surface area contributed by atoms with E-state index in [1.165, 1.54) is 18.4 Å². The van der Waals surface area contributed by atoms with Gasteiger partial charge in [-0.15, -0.1) is 0 Å². The molecule has 0 unspecified atom stereocenters. The van der Waals surface area contributed by atoms with Gasteiger partial charge in [0, 0.05) is 22.1 Å². The van der Waals surface area contributed by atoms with Crippen LogP contribution in [0.5, 0.6) is 0 Å². The van der Waals surface area contributed by atoms with Gasteiger partial charge in [-0.05, 0) is 25.3 Å². The summed E-state index contributed by atoms with van der Waals surface area (Å²) in [5.41, 5.74) is 2.36. The molecule has 0 spiro atoms. The second-order valence-electron chi connectivity index (χ2n) is 4.45. The van der Waals surface area contributed by atoms with E-state index in [0.717, 1.165) is 34.4 Å². The molecule has 2 aromatic rings. The monoisotopic (exact) mass is 242 g/mol. The fourth-order valence-electron chi connectivity index (χ4n) is 2.36. The zero-order valence-corrected chi connectivity index (χ0v) is 10.4. The highest BCUT2D eigenvalue weighted by Gasteiger charge is 2.14. The topological polar surface area (TPSA) is 13.1 Å². The zero-order valence-electron chi connectivity index (χ0n) is 9.61. The van der Waals surface area contributed by atoms with E-state index in [0.29, 0.717) is 0 Å². The Balaban J connectivity index is 2.14. The van der Waals surface area contributed by atoms with Gasteiger partial charge in [0.25, 0.3) is 0 Å². The lowest BCUT2D eigenvalue weighted by Crippen LogP contribution is -2.03. The minimum atomic E-state index is 0.899. The fraction of sp³-hybridized carbons (Fsp3) is 0.267. The minimum absolute atomic E-state index is 0.899. The molecule has 0 bridgehead atoms. The van der Waals surface area contributed by atoms with Crippen LogP contribution in [-0.4, -0.2) is 0 Å². The number of aryl methyl sites for hydroxylation is 1. The van der Waals surface area contributed by atoms with Gasteiger partial charge < -0.3 is 4.42 Å². The van der Waals surface area contributed by atoms with Crippen LogP contribution in [-0.2, 0) is 12.8 Å². The number of hydrogen-bond acceptors (Lipinski definition) is 2. The summed E-state index contributed by atoms with van der Waals surface area (Å²) in [6.07, 6.45) is 4.55. The van der Waals surface area contributed by atoms with Crippen LogP contribution >= 0.6 is 12.2 Å². The largest absolute Gasteiger partial charge is 0.461 e.